The smallest absolute Gasteiger partial charge is 0.229 e. The van der Waals surface area contributed by atoms with Crippen molar-refractivity contribution in [2.45, 2.75) is 51.6 Å². The van der Waals surface area contributed by atoms with E-state index < -0.39 is 0 Å². The second-order valence-corrected chi connectivity index (χ2v) is 5.05. The number of hydrogen-bond donors (Lipinski definition) is 1. The Morgan fingerprint density at radius 3 is 2.79 bits per heavy atom. The van der Waals surface area contributed by atoms with Gasteiger partial charge < -0.3 is 10.6 Å². The van der Waals surface area contributed by atoms with Crippen molar-refractivity contribution in [1.82, 2.24) is 9.88 Å². The fourth-order valence-corrected chi connectivity index (χ4v) is 2.71. The predicted molar refractivity (Wildman–Crippen MR) is 79.2 cm³/mol. The Hall–Kier alpha value is -1.29. The van der Waals surface area contributed by atoms with Crippen LogP contribution < -0.4 is 5.73 Å². The molecule has 4 nitrogen and oxygen atoms in total. The van der Waals surface area contributed by atoms with Crippen LogP contribution in [0.3, 0.4) is 0 Å². The van der Waals surface area contributed by atoms with E-state index in [9.17, 15) is 4.79 Å². The molecule has 1 amide bonds. The highest BCUT2D eigenvalue weighted by Gasteiger charge is 2.32. The van der Waals surface area contributed by atoms with Crippen molar-refractivity contribution < 1.29 is 4.79 Å². The lowest BCUT2D eigenvalue weighted by atomic mass is 10.1. The van der Waals surface area contributed by atoms with Crippen LogP contribution in [0.25, 0.3) is 0 Å². The van der Waals surface area contributed by atoms with Crippen LogP contribution >= 0.6 is 12.4 Å². The molecule has 0 bridgehead atoms. The fraction of sp³-hybridized carbons (Fsp3) is 0.571. The minimum Gasteiger partial charge on any atom is -0.397 e. The van der Waals surface area contributed by atoms with Gasteiger partial charge in [-0.25, -0.2) is 0 Å². The van der Waals surface area contributed by atoms with E-state index in [2.05, 4.69) is 18.8 Å². The molecule has 0 aliphatic carbocycles. The maximum Gasteiger partial charge on any atom is 0.229 e. The number of nitrogens with zero attached hydrogens (tertiary/aromatic N) is 2. The Bertz CT molecular complexity index is 421. The van der Waals surface area contributed by atoms with Crippen LogP contribution in [0.2, 0.25) is 0 Å². The fourth-order valence-electron chi connectivity index (χ4n) is 2.71. The van der Waals surface area contributed by atoms with Gasteiger partial charge >= 0.3 is 0 Å². The summed E-state index contributed by atoms with van der Waals surface area (Å²) in [6, 6.07) is 4.38. The summed E-state index contributed by atoms with van der Waals surface area (Å²) in [5.74, 6) is 0.184. The largest absolute Gasteiger partial charge is 0.397 e. The third-order valence-electron chi connectivity index (χ3n) is 3.73. The van der Waals surface area contributed by atoms with E-state index in [1.54, 1.807) is 12.3 Å². The molecule has 0 saturated carbocycles. The van der Waals surface area contributed by atoms with E-state index in [0.29, 0.717) is 24.2 Å². The highest BCUT2D eigenvalue weighted by Crippen LogP contribution is 2.26. The predicted octanol–water partition coefficient (Wildman–Crippen LogP) is 2.42. The van der Waals surface area contributed by atoms with E-state index in [4.69, 9.17) is 5.73 Å². The van der Waals surface area contributed by atoms with Gasteiger partial charge in [0.1, 0.15) is 0 Å². The normalized spacial score (nSPS) is 22.1. The van der Waals surface area contributed by atoms with Crippen LogP contribution in [0, 0.1) is 0 Å². The van der Waals surface area contributed by atoms with Gasteiger partial charge in [-0.3, -0.25) is 9.78 Å². The standard InChI is InChI=1S/C14H21N3O.ClH/c1-3-13-7-4-10(2)17(13)14(18)8-12-6-5-11(15)9-16-12;/h5-6,9-10,13H,3-4,7-8,15H2,1-2H3;1H. The monoisotopic (exact) mass is 283 g/mol. The molecular formula is C14H22ClN3O. The zero-order valence-electron chi connectivity index (χ0n) is 11.5. The highest BCUT2D eigenvalue weighted by atomic mass is 35.5. The van der Waals surface area contributed by atoms with Crippen molar-refractivity contribution in [2.75, 3.05) is 5.73 Å². The minimum atomic E-state index is 0. The zero-order chi connectivity index (χ0) is 13.1. The van der Waals surface area contributed by atoms with Gasteiger partial charge in [-0.05, 0) is 38.3 Å². The Morgan fingerprint density at radius 2 is 2.21 bits per heavy atom. The van der Waals surface area contributed by atoms with Crippen molar-refractivity contribution in [3.05, 3.63) is 24.0 Å². The second-order valence-electron chi connectivity index (χ2n) is 5.05. The molecule has 19 heavy (non-hydrogen) atoms. The number of carbonyl (C=O) groups is 1. The van der Waals surface area contributed by atoms with Gasteiger partial charge in [0.25, 0.3) is 0 Å². The average Bonchev–Trinajstić information content (AvgIpc) is 2.73. The lowest BCUT2D eigenvalue weighted by Crippen LogP contribution is -2.40. The molecule has 0 spiro atoms. The lowest BCUT2D eigenvalue weighted by molar-refractivity contribution is -0.133. The van der Waals surface area contributed by atoms with Crippen molar-refractivity contribution in [2.24, 2.45) is 0 Å². The highest BCUT2D eigenvalue weighted by molar-refractivity contribution is 5.85. The Labute approximate surface area is 120 Å². The van der Waals surface area contributed by atoms with Crippen LogP contribution in [0.15, 0.2) is 18.3 Å². The number of hydrogen-bond acceptors (Lipinski definition) is 3. The summed E-state index contributed by atoms with van der Waals surface area (Å²) in [7, 11) is 0. The summed E-state index contributed by atoms with van der Waals surface area (Å²) in [5.41, 5.74) is 7.01. The number of nitrogens with two attached hydrogens (primary N) is 1. The first-order valence-corrected chi connectivity index (χ1v) is 6.63. The molecular weight excluding hydrogens is 262 g/mol. The summed E-state index contributed by atoms with van der Waals surface area (Å²) in [4.78, 5) is 18.6. The second kappa shape index (κ2) is 6.75. The molecule has 1 fully saturated rings. The van der Waals surface area contributed by atoms with Crippen molar-refractivity contribution in [3.63, 3.8) is 0 Å². The van der Waals surface area contributed by atoms with E-state index in [1.165, 1.54) is 0 Å². The zero-order valence-corrected chi connectivity index (χ0v) is 12.3. The molecule has 2 unspecified atom stereocenters. The Balaban J connectivity index is 0.00000180. The third kappa shape index (κ3) is 3.60. The number of aromatic nitrogens is 1. The average molecular weight is 284 g/mol. The van der Waals surface area contributed by atoms with Gasteiger partial charge in [-0.1, -0.05) is 6.92 Å². The number of halogens is 1. The molecule has 2 rings (SSSR count). The van der Waals surface area contributed by atoms with Crippen LogP contribution in [0.4, 0.5) is 5.69 Å². The molecule has 5 heteroatoms. The lowest BCUT2D eigenvalue weighted by Gasteiger charge is -2.28. The summed E-state index contributed by atoms with van der Waals surface area (Å²) in [6.07, 6.45) is 5.25. The molecule has 1 aromatic heterocycles. The van der Waals surface area contributed by atoms with Gasteiger partial charge in [-0.15, -0.1) is 12.4 Å². The first-order chi connectivity index (χ1) is 8.61. The first-order valence-electron chi connectivity index (χ1n) is 6.63. The van der Waals surface area contributed by atoms with E-state index in [1.807, 2.05) is 11.0 Å². The van der Waals surface area contributed by atoms with Gasteiger partial charge in [0.15, 0.2) is 0 Å². The third-order valence-corrected chi connectivity index (χ3v) is 3.73. The quantitative estimate of drug-likeness (QED) is 0.927. The number of anilines is 1. The van der Waals surface area contributed by atoms with E-state index >= 15 is 0 Å². The SMILES string of the molecule is CCC1CCC(C)N1C(=O)Cc1ccc(N)cn1.Cl. The van der Waals surface area contributed by atoms with E-state index in [0.717, 1.165) is 25.0 Å². The van der Waals surface area contributed by atoms with Crippen LogP contribution in [0.1, 0.15) is 38.8 Å². The summed E-state index contributed by atoms with van der Waals surface area (Å²) < 4.78 is 0. The summed E-state index contributed by atoms with van der Waals surface area (Å²) in [6.45, 7) is 4.27. The minimum absolute atomic E-state index is 0. The van der Waals surface area contributed by atoms with Crippen molar-refractivity contribution >= 4 is 24.0 Å². The number of rotatable bonds is 3. The Morgan fingerprint density at radius 1 is 1.47 bits per heavy atom. The molecule has 106 valence electrons. The summed E-state index contributed by atoms with van der Waals surface area (Å²) >= 11 is 0. The van der Waals surface area contributed by atoms with Crippen molar-refractivity contribution in [3.8, 4) is 0 Å². The van der Waals surface area contributed by atoms with Crippen molar-refractivity contribution in [1.29, 1.82) is 0 Å². The number of amides is 1. The number of nitrogen functional groups attached to an aromatic ring is 1. The number of pyridine rings is 1. The van der Waals surface area contributed by atoms with Gasteiger partial charge in [0.2, 0.25) is 5.91 Å². The molecule has 2 N–H and O–H groups in total. The molecule has 2 heterocycles. The number of carbonyl (C=O) groups excluding carboxylic acids is 1. The Kier molecular flexibility index (Phi) is 5.60. The van der Waals surface area contributed by atoms with Crippen LogP contribution in [-0.2, 0) is 11.2 Å². The molecule has 1 saturated heterocycles. The van der Waals surface area contributed by atoms with E-state index in [-0.39, 0.29) is 18.3 Å². The molecule has 1 aromatic rings. The topological polar surface area (TPSA) is 59.2 Å². The molecule has 2 atom stereocenters. The maximum absolute atomic E-state index is 12.3. The first kappa shape index (κ1) is 15.8. The van der Waals surface area contributed by atoms with Gasteiger partial charge in [0, 0.05) is 17.8 Å². The van der Waals surface area contributed by atoms with Crippen LogP contribution in [0.5, 0.6) is 0 Å². The molecule has 1 aliphatic rings. The number of likely N-dealkylation sites (tertiary alicyclic amines) is 1. The molecule has 1 aliphatic heterocycles. The van der Waals surface area contributed by atoms with Crippen LogP contribution in [-0.4, -0.2) is 27.9 Å². The maximum atomic E-state index is 12.3. The van der Waals surface area contributed by atoms with Gasteiger partial charge in [0.05, 0.1) is 18.3 Å². The molecule has 0 radical (unpaired) electrons. The summed E-state index contributed by atoms with van der Waals surface area (Å²) in [5, 5.41) is 0. The van der Waals surface area contributed by atoms with Gasteiger partial charge in [-0.2, -0.15) is 0 Å². The molecule has 0 aromatic carbocycles.